The number of nitrogens with one attached hydrogen (secondary N) is 2. The first-order chi connectivity index (χ1) is 14.5. The number of hydrogen-bond donors (Lipinski definition) is 2. The Labute approximate surface area is 178 Å². The van der Waals surface area contributed by atoms with Gasteiger partial charge < -0.3 is 15.4 Å². The molecular weight excluding hydrogens is 400 g/mol. The second-order valence-corrected chi connectivity index (χ2v) is 8.30. The van der Waals surface area contributed by atoms with Crippen LogP contribution in [0.5, 0.6) is 5.75 Å². The van der Waals surface area contributed by atoms with E-state index in [1.54, 1.807) is 6.07 Å². The third-order valence-electron chi connectivity index (χ3n) is 4.91. The van der Waals surface area contributed by atoms with Gasteiger partial charge in [-0.3, -0.25) is 9.59 Å². The summed E-state index contributed by atoms with van der Waals surface area (Å²) in [5, 5.41) is 15.0. The van der Waals surface area contributed by atoms with Gasteiger partial charge in [0.25, 0.3) is 5.91 Å². The molecule has 2 N–H and O–H groups in total. The van der Waals surface area contributed by atoms with E-state index in [9.17, 15) is 9.59 Å². The summed E-state index contributed by atoms with van der Waals surface area (Å²) in [6.07, 6.45) is 0.750. The van der Waals surface area contributed by atoms with Crippen LogP contribution >= 0.6 is 11.3 Å². The van der Waals surface area contributed by atoms with Gasteiger partial charge >= 0.3 is 0 Å². The fourth-order valence-electron chi connectivity index (χ4n) is 3.35. The van der Waals surface area contributed by atoms with Crippen LogP contribution in [0.2, 0.25) is 0 Å². The minimum absolute atomic E-state index is 0.146. The second-order valence-electron chi connectivity index (χ2n) is 7.23. The van der Waals surface area contributed by atoms with Crippen molar-refractivity contribution >= 4 is 28.3 Å². The zero-order valence-electron chi connectivity index (χ0n) is 16.8. The lowest BCUT2D eigenvalue weighted by Crippen LogP contribution is -2.24. The van der Waals surface area contributed by atoms with Gasteiger partial charge in [-0.05, 0) is 42.7 Å². The van der Waals surface area contributed by atoms with Crippen LogP contribution in [0.25, 0.3) is 0 Å². The first-order valence-electron chi connectivity index (χ1n) is 9.71. The lowest BCUT2D eigenvalue weighted by Gasteiger charge is -2.10. The van der Waals surface area contributed by atoms with Crippen LogP contribution < -0.4 is 15.4 Å². The summed E-state index contributed by atoms with van der Waals surface area (Å²) in [4.78, 5) is 24.4. The molecule has 8 heteroatoms. The van der Waals surface area contributed by atoms with E-state index in [4.69, 9.17) is 4.74 Å². The van der Waals surface area contributed by atoms with Crippen LogP contribution in [0.3, 0.4) is 0 Å². The molecule has 4 rings (SSSR count). The number of fused-ring (bicyclic) bond motifs is 1. The highest BCUT2D eigenvalue weighted by Gasteiger charge is 2.29. The van der Waals surface area contributed by atoms with E-state index in [-0.39, 0.29) is 24.3 Å². The van der Waals surface area contributed by atoms with Crippen LogP contribution in [0.1, 0.15) is 44.5 Å². The van der Waals surface area contributed by atoms with E-state index in [2.05, 4.69) is 26.9 Å². The molecule has 1 aliphatic rings. The zero-order chi connectivity index (χ0) is 21.1. The predicted molar refractivity (Wildman–Crippen MR) is 115 cm³/mol. The van der Waals surface area contributed by atoms with E-state index in [1.165, 1.54) is 11.3 Å². The number of rotatable bonds is 7. The lowest BCUT2D eigenvalue weighted by molar-refractivity contribution is -0.116. The normalized spacial score (nSPS) is 14.9. The standard InChI is InChI=1S/C22H22N4O3S/c1-13-7-8-14(2)18(11-13)29-10-9-20-25-26-22(30-20)24-19(27)12-17-15-5-3-4-6-16(15)21(28)23-17/h3-8,11,17H,9-10,12H2,1-2H3,(H,23,28)(H,24,26,27). The Morgan fingerprint density at radius 2 is 2.03 bits per heavy atom. The molecule has 1 atom stereocenters. The number of ether oxygens (including phenoxy) is 1. The number of amides is 2. The maximum Gasteiger partial charge on any atom is 0.252 e. The number of aryl methyl sites for hydroxylation is 2. The summed E-state index contributed by atoms with van der Waals surface area (Å²) < 4.78 is 5.86. The van der Waals surface area contributed by atoms with Gasteiger partial charge in [0, 0.05) is 12.0 Å². The molecule has 0 spiro atoms. The molecule has 2 aromatic carbocycles. The van der Waals surface area contributed by atoms with E-state index < -0.39 is 0 Å². The molecule has 2 heterocycles. The van der Waals surface area contributed by atoms with E-state index in [1.807, 2.05) is 44.2 Å². The maximum absolute atomic E-state index is 12.4. The smallest absolute Gasteiger partial charge is 0.252 e. The van der Waals surface area contributed by atoms with E-state index >= 15 is 0 Å². The first-order valence-corrected chi connectivity index (χ1v) is 10.5. The van der Waals surface area contributed by atoms with Crippen molar-refractivity contribution in [3.05, 3.63) is 69.7 Å². The molecule has 0 saturated heterocycles. The molecular formula is C22H22N4O3S. The van der Waals surface area contributed by atoms with Gasteiger partial charge in [0.15, 0.2) is 0 Å². The van der Waals surface area contributed by atoms with Crippen molar-refractivity contribution in [2.75, 3.05) is 11.9 Å². The number of nitrogens with zero attached hydrogens (tertiary/aromatic N) is 2. The van der Waals surface area contributed by atoms with Crippen LogP contribution in [0.15, 0.2) is 42.5 Å². The van der Waals surface area contributed by atoms with Crippen molar-refractivity contribution in [2.45, 2.75) is 32.7 Å². The molecule has 1 aromatic heterocycles. The molecule has 0 bridgehead atoms. The Balaban J connectivity index is 1.29. The van der Waals surface area contributed by atoms with Crippen molar-refractivity contribution in [3.8, 4) is 5.75 Å². The van der Waals surface area contributed by atoms with Crippen molar-refractivity contribution in [2.24, 2.45) is 0 Å². The molecule has 1 aliphatic heterocycles. The highest BCUT2D eigenvalue weighted by atomic mass is 32.1. The predicted octanol–water partition coefficient (Wildman–Crippen LogP) is 3.59. The van der Waals surface area contributed by atoms with Gasteiger partial charge in [0.05, 0.1) is 19.1 Å². The fraction of sp³-hybridized carbons (Fsp3) is 0.273. The Hall–Kier alpha value is -3.26. The Morgan fingerprint density at radius 1 is 1.20 bits per heavy atom. The van der Waals surface area contributed by atoms with Gasteiger partial charge in [-0.25, -0.2) is 0 Å². The average molecular weight is 423 g/mol. The number of benzene rings is 2. The third-order valence-corrected chi connectivity index (χ3v) is 5.80. The molecule has 0 fully saturated rings. The quantitative estimate of drug-likeness (QED) is 0.607. The number of anilines is 1. The molecule has 0 saturated carbocycles. The zero-order valence-corrected chi connectivity index (χ0v) is 17.6. The Morgan fingerprint density at radius 3 is 2.90 bits per heavy atom. The average Bonchev–Trinajstić information content (AvgIpc) is 3.29. The van der Waals surface area contributed by atoms with Gasteiger partial charge in [0.2, 0.25) is 11.0 Å². The lowest BCUT2D eigenvalue weighted by atomic mass is 10.0. The van der Waals surface area contributed by atoms with Crippen molar-refractivity contribution < 1.29 is 14.3 Å². The topological polar surface area (TPSA) is 93.2 Å². The second kappa shape index (κ2) is 8.62. The van der Waals surface area contributed by atoms with Gasteiger partial charge in [0.1, 0.15) is 10.8 Å². The van der Waals surface area contributed by atoms with Crippen molar-refractivity contribution in [3.63, 3.8) is 0 Å². The summed E-state index contributed by atoms with van der Waals surface area (Å²) in [5.41, 5.74) is 3.71. The number of hydrogen-bond acceptors (Lipinski definition) is 6. The third kappa shape index (κ3) is 4.49. The fourth-order valence-corrected chi connectivity index (χ4v) is 4.09. The molecule has 2 amide bonds. The minimum atomic E-state index is -0.327. The van der Waals surface area contributed by atoms with Gasteiger partial charge in [-0.15, -0.1) is 10.2 Å². The first kappa shape index (κ1) is 20.0. The highest BCUT2D eigenvalue weighted by molar-refractivity contribution is 7.15. The molecule has 3 aromatic rings. The van der Waals surface area contributed by atoms with Crippen molar-refractivity contribution in [1.29, 1.82) is 0 Å². The van der Waals surface area contributed by atoms with Crippen LogP contribution in [-0.4, -0.2) is 28.6 Å². The van der Waals surface area contributed by atoms with Crippen LogP contribution in [-0.2, 0) is 11.2 Å². The Bertz CT molecular complexity index is 1100. The number of carbonyl (C=O) groups is 2. The largest absolute Gasteiger partial charge is 0.493 e. The molecule has 1 unspecified atom stereocenters. The summed E-state index contributed by atoms with van der Waals surface area (Å²) in [6.45, 7) is 4.53. The monoisotopic (exact) mass is 422 g/mol. The molecule has 154 valence electrons. The molecule has 0 radical (unpaired) electrons. The highest BCUT2D eigenvalue weighted by Crippen LogP contribution is 2.28. The minimum Gasteiger partial charge on any atom is -0.493 e. The van der Waals surface area contributed by atoms with Crippen LogP contribution in [0, 0.1) is 13.8 Å². The maximum atomic E-state index is 12.4. The molecule has 30 heavy (non-hydrogen) atoms. The van der Waals surface area contributed by atoms with E-state index in [0.29, 0.717) is 23.7 Å². The summed E-state index contributed by atoms with van der Waals surface area (Å²) in [6, 6.07) is 13.1. The number of carbonyl (C=O) groups excluding carboxylic acids is 2. The van der Waals surface area contributed by atoms with E-state index in [0.717, 1.165) is 27.4 Å². The summed E-state index contributed by atoms with van der Waals surface area (Å²) in [7, 11) is 0. The van der Waals surface area contributed by atoms with Crippen LogP contribution in [0.4, 0.5) is 5.13 Å². The summed E-state index contributed by atoms with van der Waals surface area (Å²) in [5.74, 6) is 0.503. The van der Waals surface area contributed by atoms with Gasteiger partial charge in [-0.1, -0.05) is 41.7 Å². The molecule has 7 nitrogen and oxygen atoms in total. The SMILES string of the molecule is Cc1ccc(C)c(OCCc2nnc(NC(=O)CC3NC(=O)c4ccccc43)s2)c1. The Kier molecular flexibility index (Phi) is 5.76. The van der Waals surface area contributed by atoms with Gasteiger partial charge in [-0.2, -0.15) is 0 Å². The number of aromatic nitrogens is 2. The van der Waals surface area contributed by atoms with Crippen molar-refractivity contribution in [1.82, 2.24) is 15.5 Å². The molecule has 0 aliphatic carbocycles. The summed E-state index contributed by atoms with van der Waals surface area (Å²) >= 11 is 1.33.